The van der Waals surface area contributed by atoms with Gasteiger partial charge in [-0.2, -0.15) is 0 Å². The predicted octanol–water partition coefficient (Wildman–Crippen LogP) is 4.23. The van der Waals surface area contributed by atoms with Gasteiger partial charge in [0, 0.05) is 18.1 Å². The molecule has 0 bridgehead atoms. The van der Waals surface area contributed by atoms with Crippen molar-refractivity contribution in [2.24, 2.45) is 23.5 Å². The molecule has 0 radical (unpaired) electrons. The van der Waals surface area contributed by atoms with Crippen molar-refractivity contribution in [1.29, 1.82) is 0 Å². The van der Waals surface area contributed by atoms with Crippen LogP contribution in [-0.2, 0) is 6.42 Å². The molecule has 6 N–H and O–H groups in total. The Bertz CT molecular complexity index is 759. The van der Waals surface area contributed by atoms with E-state index in [2.05, 4.69) is 45.5 Å². The normalized spacial score (nSPS) is 29.3. The van der Waals surface area contributed by atoms with Gasteiger partial charge in [0.15, 0.2) is 0 Å². The van der Waals surface area contributed by atoms with Crippen LogP contribution >= 0.6 is 0 Å². The fourth-order valence-corrected chi connectivity index (χ4v) is 7.31. The SMILES string of the molecule is COc1ccc(CCCNC2CCCC2CNC2CCCC2CNCCCCNC2CCCC2CN)cc1. The average molecular weight is 528 g/mol. The zero-order valence-corrected chi connectivity index (χ0v) is 24.2. The first-order valence-electron chi connectivity index (χ1n) is 16.0. The van der Waals surface area contributed by atoms with E-state index >= 15 is 0 Å². The predicted molar refractivity (Wildman–Crippen MR) is 160 cm³/mol. The van der Waals surface area contributed by atoms with Gasteiger partial charge in [0.1, 0.15) is 5.75 Å². The fraction of sp³-hybridized carbons (Fsp3) is 0.812. The molecule has 3 aliphatic carbocycles. The van der Waals surface area contributed by atoms with Crippen molar-refractivity contribution in [1.82, 2.24) is 21.3 Å². The third-order valence-corrected chi connectivity index (χ3v) is 9.72. The summed E-state index contributed by atoms with van der Waals surface area (Å²) in [7, 11) is 1.73. The van der Waals surface area contributed by atoms with E-state index in [0.29, 0.717) is 24.0 Å². The standard InChI is InChI=1S/C32H57N5O/c1-38-29-17-15-25(16-18-29)8-7-21-36-31-13-6-11-28(31)24-37-32-14-5-10-27(32)23-34-19-2-3-20-35-30-12-4-9-26(30)22-33/h15-18,26-28,30-32,34-37H,2-14,19-24,33H2,1H3. The lowest BCUT2D eigenvalue weighted by Gasteiger charge is -2.26. The van der Waals surface area contributed by atoms with Gasteiger partial charge < -0.3 is 31.7 Å². The second-order valence-corrected chi connectivity index (χ2v) is 12.3. The van der Waals surface area contributed by atoms with Gasteiger partial charge in [-0.1, -0.05) is 31.4 Å². The summed E-state index contributed by atoms with van der Waals surface area (Å²) in [5, 5.41) is 15.5. The lowest BCUT2D eigenvalue weighted by atomic mass is 9.99. The number of nitrogens with one attached hydrogen (secondary N) is 4. The van der Waals surface area contributed by atoms with E-state index in [1.165, 1.54) is 95.7 Å². The Morgan fingerprint density at radius 2 is 1.26 bits per heavy atom. The topological polar surface area (TPSA) is 83.4 Å². The Balaban J connectivity index is 1.04. The summed E-state index contributed by atoms with van der Waals surface area (Å²) in [5.74, 6) is 3.24. The maximum absolute atomic E-state index is 5.92. The van der Waals surface area contributed by atoms with Crippen LogP contribution in [0.15, 0.2) is 24.3 Å². The molecule has 6 atom stereocenters. The van der Waals surface area contributed by atoms with Crippen molar-refractivity contribution in [3.63, 3.8) is 0 Å². The lowest BCUT2D eigenvalue weighted by Crippen LogP contribution is -2.43. The Hall–Kier alpha value is -1.18. The van der Waals surface area contributed by atoms with E-state index in [1.807, 2.05) is 0 Å². The molecule has 0 aromatic heterocycles. The minimum absolute atomic E-state index is 0.673. The van der Waals surface area contributed by atoms with Gasteiger partial charge in [-0.05, 0) is 139 Å². The largest absolute Gasteiger partial charge is 0.497 e. The van der Waals surface area contributed by atoms with Crippen LogP contribution in [-0.4, -0.2) is 64.5 Å². The Morgan fingerprint density at radius 3 is 1.95 bits per heavy atom. The second-order valence-electron chi connectivity index (χ2n) is 12.3. The lowest BCUT2D eigenvalue weighted by molar-refractivity contribution is 0.323. The molecule has 3 saturated carbocycles. The van der Waals surface area contributed by atoms with Crippen molar-refractivity contribution in [3.8, 4) is 5.75 Å². The number of nitrogens with two attached hydrogens (primary N) is 1. The molecule has 1 aromatic rings. The highest BCUT2D eigenvalue weighted by Gasteiger charge is 2.31. The molecule has 216 valence electrons. The molecule has 0 spiro atoms. The van der Waals surface area contributed by atoms with Crippen LogP contribution in [0.3, 0.4) is 0 Å². The van der Waals surface area contributed by atoms with Crippen molar-refractivity contribution in [2.45, 2.75) is 102 Å². The summed E-state index contributed by atoms with van der Waals surface area (Å²) in [6.07, 6.45) is 17.1. The van der Waals surface area contributed by atoms with Gasteiger partial charge in [-0.15, -0.1) is 0 Å². The zero-order valence-electron chi connectivity index (χ0n) is 24.2. The second kappa shape index (κ2) is 16.8. The molecule has 3 aliphatic rings. The number of aryl methyl sites for hydroxylation is 1. The molecule has 38 heavy (non-hydrogen) atoms. The summed E-state index contributed by atoms with van der Waals surface area (Å²) >= 11 is 0. The van der Waals surface area contributed by atoms with Gasteiger partial charge >= 0.3 is 0 Å². The summed E-state index contributed by atoms with van der Waals surface area (Å²) < 4.78 is 5.27. The monoisotopic (exact) mass is 527 g/mol. The number of ether oxygens (including phenoxy) is 1. The first kappa shape index (κ1) is 29.8. The molecule has 0 amide bonds. The highest BCUT2D eigenvalue weighted by Crippen LogP contribution is 2.29. The van der Waals surface area contributed by atoms with E-state index < -0.39 is 0 Å². The molecule has 0 saturated heterocycles. The van der Waals surface area contributed by atoms with Gasteiger partial charge in [0.25, 0.3) is 0 Å². The number of benzene rings is 1. The maximum atomic E-state index is 5.92. The number of unbranched alkanes of at least 4 members (excludes halogenated alkanes) is 1. The number of hydrogen-bond donors (Lipinski definition) is 5. The van der Waals surface area contributed by atoms with Crippen LogP contribution < -0.4 is 31.7 Å². The van der Waals surface area contributed by atoms with Crippen LogP contribution in [0.4, 0.5) is 0 Å². The van der Waals surface area contributed by atoms with Crippen LogP contribution in [0.5, 0.6) is 5.75 Å². The number of hydrogen-bond acceptors (Lipinski definition) is 6. The summed E-state index contributed by atoms with van der Waals surface area (Å²) in [6.45, 7) is 6.64. The highest BCUT2D eigenvalue weighted by atomic mass is 16.5. The molecule has 4 rings (SSSR count). The number of rotatable bonds is 18. The Labute approximate surface area is 233 Å². The van der Waals surface area contributed by atoms with Crippen LogP contribution in [0, 0.1) is 17.8 Å². The third kappa shape index (κ3) is 9.48. The Kier molecular flexibility index (Phi) is 13.2. The molecule has 3 fully saturated rings. The van der Waals surface area contributed by atoms with Crippen LogP contribution in [0.25, 0.3) is 0 Å². The minimum Gasteiger partial charge on any atom is -0.497 e. The van der Waals surface area contributed by atoms with E-state index in [-0.39, 0.29) is 0 Å². The molecule has 6 unspecified atom stereocenters. The molecule has 6 heteroatoms. The van der Waals surface area contributed by atoms with E-state index in [4.69, 9.17) is 10.5 Å². The van der Waals surface area contributed by atoms with E-state index in [9.17, 15) is 0 Å². The zero-order chi connectivity index (χ0) is 26.4. The third-order valence-electron chi connectivity index (χ3n) is 9.72. The molecule has 6 nitrogen and oxygen atoms in total. The molecule has 0 aliphatic heterocycles. The van der Waals surface area contributed by atoms with Crippen molar-refractivity contribution in [3.05, 3.63) is 29.8 Å². The van der Waals surface area contributed by atoms with Gasteiger partial charge in [0.05, 0.1) is 7.11 Å². The van der Waals surface area contributed by atoms with Crippen molar-refractivity contribution < 1.29 is 4.74 Å². The summed E-state index contributed by atoms with van der Waals surface area (Å²) in [4.78, 5) is 0. The maximum Gasteiger partial charge on any atom is 0.118 e. The highest BCUT2D eigenvalue weighted by molar-refractivity contribution is 5.27. The Morgan fingerprint density at radius 1 is 0.684 bits per heavy atom. The molecule has 1 aromatic carbocycles. The molecular weight excluding hydrogens is 470 g/mol. The van der Waals surface area contributed by atoms with Gasteiger partial charge in [0.2, 0.25) is 0 Å². The first-order chi connectivity index (χ1) is 18.8. The van der Waals surface area contributed by atoms with Crippen molar-refractivity contribution >= 4 is 0 Å². The molecule has 0 heterocycles. The smallest absolute Gasteiger partial charge is 0.118 e. The first-order valence-corrected chi connectivity index (χ1v) is 16.0. The van der Waals surface area contributed by atoms with Crippen molar-refractivity contribution in [2.75, 3.05) is 46.4 Å². The van der Waals surface area contributed by atoms with Crippen LogP contribution in [0.2, 0.25) is 0 Å². The fourth-order valence-electron chi connectivity index (χ4n) is 7.31. The summed E-state index contributed by atoms with van der Waals surface area (Å²) in [5.41, 5.74) is 7.32. The minimum atomic E-state index is 0.673. The van der Waals surface area contributed by atoms with Gasteiger partial charge in [-0.25, -0.2) is 0 Å². The van der Waals surface area contributed by atoms with Crippen LogP contribution in [0.1, 0.15) is 82.6 Å². The quantitative estimate of drug-likeness (QED) is 0.184. The van der Waals surface area contributed by atoms with Gasteiger partial charge in [-0.3, -0.25) is 0 Å². The number of methoxy groups -OCH3 is 1. The summed E-state index contributed by atoms with van der Waals surface area (Å²) in [6, 6.07) is 10.6. The van der Waals surface area contributed by atoms with E-state index in [1.54, 1.807) is 7.11 Å². The molecular formula is C32H57N5O. The van der Waals surface area contributed by atoms with E-state index in [0.717, 1.165) is 50.2 Å². The average Bonchev–Trinajstić information content (AvgIpc) is 3.71.